The van der Waals surface area contributed by atoms with Crippen molar-refractivity contribution in [3.63, 3.8) is 0 Å². The van der Waals surface area contributed by atoms with Gasteiger partial charge in [-0.1, -0.05) is 39.0 Å². The molecule has 5 nitrogen and oxygen atoms in total. The molecule has 28 heavy (non-hydrogen) atoms. The first-order valence-corrected chi connectivity index (χ1v) is 9.68. The van der Waals surface area contributed by atoms with E-state index >= 15 is 0 Å². The summed E-state index contributed by atoms with van der Waals surface area (Å²) in [4.78, 5) is 24.3. The molecule has 0 spiro atoms. The molecule has 148 valence electrons. The molecule has 2 aromatic rings. The summed E-state index contributed by atoms with van der Waals surface area (Å²) in [5.74, 6) is 0.600. The standard InChI is InChI=1S/C23H28N2O3/c1-15-19(6-5-7-20(15)25-22(27)16-8-9-16)24-21(26)14-28-18-12-10-17(11-13-18)23(2,3)4/h5-7,10-13,16H,8-9,14H2,1-4H3,(H,24,26)(H,25,27). The van der Waals surface area contributed by atoms with Gasteiger partial charge in [-0.15, -0.1) is 0 Å². The summed E-state index contributed by atoms with van der Waals surface area (Å²) < 4.78 is 5.60. The molecule has 2 aromatic carbocycles. The van der Waals surface area contributed by atoms with Crippen LogP contribution in [0.15, 0.2) is 42.5 Å². The molecule has 1 fully saturated rings. The van der Waals surface area contributed by atoms with E-state index in [-0.39, 0.29) is 29.8 Å². The molecule has 1 saturated carbocycles. The van der Waals surface area contributed by atoms with Crippen molar-refractivity contribution in [1.29, 1.82) is 0 Å². The summed E-state index contributed by atoms with van der Waals surface area (Å²) in [6.07, 6.45) is 1.91. The van der Waals surface area contributed by atoms with E-state index in [2.05, 4.69) is 31.4 Å². The van der Waals surface area contributed by atoms with Gasteiger partial charge in [-0.25, -0.2) is 0 Å². The number of rotatable bonds is 6. The highest BCUT2D eigenvalue weighted by atomic mass is 16.5. The number of ether oxygens (including phenoxy) is 1. The smallest absolute Gasteiger partial charge is 0.262 e. The molecule has 2 N–H and O–H groups in total. The average molecular weight is 380 g/mol. The van der Waals surface area contributed by atoms with Gasteiger partial charge in [-0.2, -0.15) is 0 Å². The molecule has 0 aromatic heterocycles. The van der Waals surface area contributed by atoms with Crippen LogP contribution in [0.2, 0.25) is 0 Å². The molecule has 0 radical (unpaired) electrons. The largest absolute Gasteiger partial charge is 0.484 e. The molecule has 0 atom stereocenters. The monoisotopic (exact) mass is 380 g/mol. The molecule has 0 aliphatic heterocycles. The van der Waals surface area contributed by atoms with E-state index in [4.69, 9.17) is 4.74 Å². The Kier molecular flexibility index (Phi) is 5.73. The third-order valence-electron chi connectivity index (χ3n) is 4.90. The first kappa shape index (κ1) is 19.9. The van der Waals surface area contributed by atoms with Crippen LogP contribution in [0.1, 0.15) is 44.7 Å². The lowest BCUT2D eigenvalue weighted by Gasteiger charge is -2.19. The van der Waals surface area contributed by atoms with Crippen LogP contribution in [0.5, 0.6) is 5.75 Å². The minimum Gasteiger partial charge on any atom is -0.484 e. The van der Waals surface area contributed by atoms with E-state index in [9.17, 15) is 9.59 Å². The first-order chi connectivity index (χ1) is 13.2. The van der Waals surface area contributed by atoms with Gasteiger partial charge in [0.2, 0.25) is 5.91 Å². The molecular weight excluding hydrogens is 352 g/mol. The zero-order valence-corrected chi connectivity index (χ0v) is 17.0. The molecule has 1 aliphatic carbocycles. The van der Waals surface area contributed by atoms with Crippen LogP contribution in [0.4, 0.5) is 11.4 Å². The van der Waals surface area contributed by atoms with Gasteiger partial charge in [-0.3, -0.25) is 9.59 Å². The third-order valence-corrected chi connectivity index (χ3v) is 4.90. The molecule has 3 rings (SSSR count). The number of hydrogen-bond acceptors (Lipinski definition) is 3. The summed E-state index contributed by atoms with van der Waals surface area (Å²) in [5.41, 5.74) is 3.52. The highest BCUT2D eigenvalue weighted by molar-refractivity contribution is 5.97. The average Bonchev–Trinajstić information content (AvgIpc) is 3.48. The Labute approximate surface area is 166 Å². The molecule has 0 unspecified atom stereocenters. The maximum absolute atomic E-state index is 12.3. The maximum atomic E-state index is 12.3. The Hall–Kier alpha value is -2.82. The molecule has 2 amide bonds. The molecule has 0 bridgehead atoms. The van der Waals surface area contributed by atoms with E-state index in [1.165, 1.54) is 5.56 Å². The van der Waals surface area contributed by atoms with Crippen LogP contribution in [0.3, 0.4) is 0 Å². The fraction of sp³-hybridized carbons (Fsp3) is 0.391. The van der Waals surface area contributed by atoms with Crippen molar-refractivity contribution in [1.82, 2.24) is 0 Å². The van der Waals surface area contributed by atoms with E-state index in [1.807, 2.05) is 49.4 Å². The summed E-state index contributed by atoms with van der Waals surface area (Å²) in [6, 6.07) is 13.3. The third kappa shape index (κ3) is 5.12. The Bertz CT molecular complexity index is 862. The summed E-state index contributed by atoms with van der Waals surface area (Å²) in [7, 11) is 0. The summed E-state index contributed by atoms with van der Waals surface area (Å²) >= 11 is 0. The maximum Gasteiger partial charge on any atom is 0.262 e. The topological polar surface area (TPSA) is 67.4 Å². The Morgan fingerprint density at radius 2 is 1.61 bits per heavy atom. The lowest BCUT2D eigenvalue weighted by molar-refractivity contribution is -0.118. The summed E-state index contributed by atoms with van der Waals surface area (Å²) in [5, 5.41) is 5.80. The number of carbonyl (C=O) groups is 2. The van der Waals surface area contributed by atoms with Gasteiger partial charge in [-0.05, 0) is 60.6 Å². The number of nitrogens with one attached hydrogen (secondary N) is 2. The zero-order chi connectivity index (χ0) is 20.3. The predicted octanol–water partition coefficient (Wildman–Crippen LogP) is 4.66. The first-order valence-electron chi connectivity index (χ1n) is 9.68. The number of hydrogen-bond donors (Lipinski definition) is 2. The minimum atomic E-state index is -0.242. The van der Waals surface area contributed by atoms with Crippen molar-refractivity contribution < 1.29 is 14.3 Å². The van der Waals surface area contributed by atoms with Crippen molar-refractivity contribution in [2.45, 2.75) is 46.0 Å². The lowest BCUT2D eigenvalue weighted by atomic mass is 9.87. The number of benzene rings is 2. The molecular formula is C23H28N2O3. The fourth-order valence-electron chi connectivity index (χ4n) is 2.87. The van der Waals surface area contributed by atoms with Crippen molar-refractivity contribution in [2.75, 3.05) is 17.2 Å². The van der Waals surface area contributed by atoms with E-state index in [1.54, 1.807) is 0 Å². The van der Waals surface area contributed by atoms with Gasteiger partial charge < -0.3 is 15.4 Å². The molecule has 5 heteroatoms. The quantitative estimate of drug-likeness (QED) is 0.766. The molecule has 1 aliphatic rings. The van der Waals surface area contributed by atoms with Crippen LogP contribution < -0.4 is 15.4 Å². The second-order valence-corrected chi connectivity index (χ2v) is 8.35. The van der Waals surface area contributed by atoms with Gasteiger partial charge in [0.1, 0.15) is 5.75 Å². The van der Waals surface area contributed by atoms with Crippen molar-refractivity contribution in [3.8, 4) is 5.75 Å². The highest BCUT2D eigenvalue weighted by Crippen LogP contribution is 2.31. The van der Waals surface area contributed by atoms with Gasteiger partial charge in [0, 0.05) is 17.3 Å². The second-order valence-electron chi connectivity index (χ2n) is 8.35. The fourth-order valence-corrected chi connectivity index (χ4v) is 2.87. The lowest BCUT2D eigenvalue weighted by Crippen LogP contribution is -2.21. The van der Waals surface area contributed by atoms with Crippen LogP contribution in [-0.2, 0) is 15.0 Å². The number of carbonyl (C=O) groups excluding carboxylic acids is 2. The Morgan fingerprint density at radius 1 is 1.00 bits per heavy atom. The van der Waals surface area contributed by atoms with Gasteiger partial charge >= 0.3 is 0 Å². The van der Waals surface area contributed by atoms with Gasteiger partial charge in [0.15, 0.2) is 6.61 Å². The number of amides is 2. The van der Waals surface area contributed by atoms with Crippen LogP contribution in [0.25, 0.3) is 0 Å². The van der Waals surface area contributed by atoms with Gasteiger partial charge in [0.05, 0.1) is 0 Å². The van der Waals surface area contributed by atoms with E-state index in [0.717, 1.165) is 24.1 Å². The number of anilines is 2. The highest BCUT2D eigenvalue weighted by Gasteiger charge is 2.29. The Morgan fingerprint density at radius 3 is 2.18 bits per heavy atom. The van der Waals surface area contributed by atoms with Crippen LogP contribution in [-0.4, -0.2) is 18.4 Å². The van der Waals surface area contributed by atoms with Gasteiger partial charge in [0.25, 0.3) is 5.91 Å². The summed E-state index contributed by atoms with van der Waals surface area (Å²) in [6.45, 7) is 8.26. The van der Waals surface area contributed by atoms with Crippen LogP contribution >= 0.6 is 0 Å². The normalized spacial score (nSPS) is 13.7. The van der Waals surface area contributed by atoms with Crippen molar-refractivity contribution in [2.24, 2.45) is 5.92 Å². The SMILES string of the molecule is Cc1c(NC(=O)COc2ccc(C(C)(C)C)cc2)cccc1NC(=O)C1CC1. The predicted molar refractivity (Wildman–Crippen MR) is 112 cm³/mol. The van der Waals surface area contributed by atoms with Crippen LogP contribution in [0, 0.1) is 12.8 Å². The minimum absolute atomic E-state index is 0.0496. The van der Waals surface area contributed by atoms with E-state index < -0.39 is 0 Å². The van der Waals surface area contributed by atoms with Crippen molar-refractivity contribution in [3.05, 3.63) is 53.6 Å². The zero-order valence-electron chi connectivity index (χ0n) is 17.0. The van der Waals surface area contributed by atoms with Crippen molar-refractivity contribution >= 4 is 23.2 Å². The molecule has 0 saturated heterocycles. The Balaban J connectivity index is 1.56. The van der Waals surface area contributed by atoms with E-state index in [0.29, 0.717) is 11.4 Å². The molecule has 0 heterocycles. The second kappa shape index (κ2) is 8.05.